The lowest BCUT2D eigenvalue weighted by molar-refractivity contribution is -0.147. The molecule has 0 atom stereocenters. The predicted octanol–water partition coefficient (Wildman–Crippen LogP) is 1.55. The second-order valence-electron chi connectivity index (χ2n) is 4.16. The van der Waals surface area contributed by atoms with Gasteiger partial charge in [0.05, 0.1) is 6.54 Å². The van der Waals surface area contributed by atoms with E-state index in [9.17, 15) is 18.8 Å². The molecule has 18 heavy (non-hydrogen) atoms. The van der Waals surface area contributed by atoms with Crippen molar-refractivity contribution in [3.8, 4) is 0 Å². The van der Waals surface area contributed by atoms with Crippen molar-refractivity contribution >= 4 is 17.6 Å². The van der Waals surface area contributed by atoms with Crippen molar-refractivity contribution in [1.82, 2.24) is 4.90 Å². The van der Waals surface area contributed by atoms with Gasteiger partial charge in [-0.25, -0.2) is 4.39 Å². The lowest BCUT2D eigenvalue weighted by Crippen LogP contribution is -2.43. The van der Waals surface area contributed by atoms with E-state index >= 15 is 0 Å². The SMILES string of the molecule is O=C(CN1C(=O)CCCC1=O)c1cccc(F)c1. The van der Waals surface area contributed by atoms with Crippen LogP contribution in [-0.4, -0.2) is 29.0 Å². The second kappa shape index (κ2) is 5.08. The average Bonchev–Trinajstić information content (AvgIpc) is 2.34. The van der Waals surface area contributed by atoms with E-state index in [1.54, 1.807) is 0 Å². The third-order valence-electron chi connectivity index (χ3n) is 2.83. The first-order chi connectivity index (χ1) is 8.58. The minimum atomic E-state index is -0.517. The minimum absolute atomic E-state index is 0.168. The first-order valence-electron chi connectivity index (χ1n) is 5.70. The van der Waals surface area contributed by atoms with Gasteiger partial charge in [0.15, 0.2) is 5.78 Å². The van der Waals surface area contributed by atoms with Crippen LogP contribution >= 0.6 is 0 Å². The Morgan fingerprint density at radius 2 is 1.89 bits per heavy atom. The molecule has 0 aliphatic carbocycles. The number of hydrogen-bond donors (Lipinski definition) is 0. The highest BCUT2D eigenvalue weighted by atomic mass is 19.1. The van der Waals surface area contributed by atoms with E-state index in [0.717, 1.165) is 11.0 Å². The van der Waals surface area contributed by atoms with Crippen molar-refractivity contribution in [3.05, 3.63) is 35.6 Å². The summed E-state index contributed by atoms with van der Waals surface area (Å²) in [4.78, 5) is 35.8. The van der Waals surface area contributed by atoms with Crippen molar-refractivity contribution in [2.45, 2.75) is 19.3 Å². The second-order valence-corrected chi connectivity index (χ2v) is 4.16. The highest BCUT2D eigenvalue weighted by Gasteiger charge is 2.27. The smallest absolute Gasteiger partial charge is 0.229 e. The monoisotopic (exact) mass is 249 g/mol. The van der Waals surface area contributed by atoms with Gasteiger partial charge in [-0.3, -0.25) is 19.3 Å². The number of likely N-dealkylation sites (tertiary alicyclic amines) is 1. The van der Waals surface area contributed by atoms with E-state index in [1.807, 2.05) is 0 Å². The van der Waals surface area contributed by atoms with Gasteiger partial charge in [0.25, 0.3) is 0 Å². The van der Waals surface area contributed by atoms with E-state index in [4.69, 9.17) is 0 Å². The zero-order chi connectivity index (χ0) is 13.1. The van der Waals surface area contributed by atoms with Crippen LogP contribution in [0, 0.1) is 5.82 Å². The molecule has 2 amide bonds. The Morgan fingerprint density at radius 3 is 2.50 bits per heavy atom. The molecule has 4 nitrogen and oxygen atoms in total. The van der Waals surface area contributed by atoms with E-state index in [2.05, 4.69) is 0 Å². The fourth-order valence-electron chi connectivity index (χ4n) is 1.87. The highest BCUT2D eigenvalue weighted by molar-refractivity contribution is 6.05. The van der Waals surface area contributed by atoms with E-state index in [-0.39, 0.29) is 36.8 Å². The summed E-state index contributed by atoms with van der Waals surface area (Å²) in [6.07, 6.45) is 1.09. The molecule has 0 saturated carbocycles. The zero-order valence-electron chi connectivity index (χ0n) is 9.69. The van der Waals surface area contributed by atoms with Gasteiger partial charge in [-0.15, -0.1) is 0 Å². The molecule has 94 valence electrons. The average molecular weight is 249 g/mol. The first-order valence-corrected chi connectivity index (χ1v) is 5.70. The Labute approximate surface area is 103 Å². The zero-order valence-corrected chi connectivity index (χ0v) is 9.69. The molecule has 1 fully saturated rings. The van der Waals surface area contributed by atoms with Crippen molar-refractivity contribution in [2.75, 3.05) is 6.54 Å². The Bertz CT molecular complexity index is 497. The number of benzene rings is 1. The Morgan fingerprint density at radius 1 is 1.22 bits per heavy atom. The van der Waals surface area contributed by atoms with Gasteiger partial charge in [0.2, 0.25) is 11.8 Å². The summed E-state index contributed by atoms with van der Waals surface area (Å²) in [6, 6.07) is 5.21. The molecule has 1 aliphatic rings. The summed E-state index contributed by atoms with van der Waals surface area (Å²) < 4.78 is 13.0. The molecule has 5 heteroatoms. The molecule has 2 rings (SSSR count). The van der Waals surface area contributed by atoms with E-state index < -0.39 is 11.6 Å². The summed E-state index contributed by atoms with van der Waals surface area (Å²) in [5.74, 6) is -1.62. The number of amides is 2. The lowest BCUT2D eigenvalue weighted by Gasteiger charge is -2.24. The molecule has 1 aromatic carbocycles. The summed E-state index contributed by atoms with van der Waals surface area (Å²) in [6.45, 7) is -0.304. The van der Waals surface area contributed by atoms with Crippen LogP contribution in [0.15, 0.2) is 24.3 Å². The van der Waals surface area contributed by atoms with Gasteiger partial charge in [-0.05, 0) is 18.6 Å². The van der Waals surface area contributed by atoms with Gasteiger partial charge in [0.1, 0.15) is 5.82 Å². The number of piperidine rings is 1. The van der Waals surface area contributed by atoms with Gasteiger partial charge in [-0.2, -0.15) is 0 Å². The van der Waals surface area contributed by atoms with Crippen LogP contribution < -0.4 is 0 Å². The largest absolute Gasteiger partial charge is 0.292 e. The minimum Gasteiger partial charge on any atom is -0.292 e. The molecule has 0 N–H and O–H groups in total. The molecule has 0 spiro atoms. The lowest BCUT2D eigenvalue weighted by atomic mass is 10.1. The van der Waals surface area contributed by atoms with Crippen LogP contribution in [0.1, 0.15) is 29.6 Å². The maximum atomic E-state index is 13.0. The van der Waals surface area contributed by atoms with Crippen molar-refractivity contribution < 1.29 is 18.8 Å². The van der Waals surface area contributed by atoms with Gasteiger partial charge in [0, 0.05) is 18.4 Å². The molecular formula is C13H12FNO3. The maximum absolute atomic E-state index is 13.0. The molecule has 1 aliphatic heterocycles. The third kappa shape index (κ3) is 2.61. The van der Waals surface area contributed by atoms with Gasteiger partial charge < -0.3 is 0 Å². The molecule has 0 bridgehead atoms. The molecule has 1 saturated heterocycles. The van der Waals surface area contributed by atoms with Crippen LogP contribution in [0.2, 0.25) is 0 Å². The first kappa shape index (κ1) is 12.4. The van der Waals surface area contributed by atoms with Crippen LogP contribution in [0.4, 0.5) is 4.39 Å². The van der Waals surface area contributed by atoms with Gasteiger partial charge in [-0.1, -0.05) is 12.1 Å². The number of nitrogens with zero attached hydrogens (tertiary/aromatic N) is 1. The predicted molar refractivity (Wildman–Crippen MR) is 61.3 cm³/mol. The van der Waals surface area contributed by atoms with Gasteiger partial charge >= 0.3 is 0 Å². The molecule has 0 radical (unpaired) electrons. The van der Waals surface area contributed by atoms with Crippen LogP contribution in [0.5, 0.6) is 0 Å². The Kier molecular flexibility index (Phi) is 3.50. The maximum Gasteiger partial charge on any atom is 0.229 e. The Hall–Kier alpha value is -2.04. The van der Waals surface area contributed by atoms with Crippen molar-refractivity contribution in [1.29, 1.82) is 0 Å². The number of Topliss-reactive ketones (excluding diaryl/α,β-unsaturated/α-hetero) is 1. The van der Waals surface area contributed by atoms with Crippen molar-refractivity contribution in [2.24, 2.45) is 0 Å². The quantitative estimate of drug-likeness (QED) is 0.603. The normalized spacial score (nSPS) is 15.9. The Balaban J connectivity index is 2.11. The molecule has 0 aromatic heterocycles. The topological polar surface area (TPSA) is 54.5 Å². The molecule has 1 aromatic rings. The molecular weight excluding hydrogens is 237 g/mol. The number of carbonyl (C=O) groups is 3. The number of imide groups is 1. The number of rotatable bonds is 3. The van der Waals surface area contributed by atoms with Crippen LogP contribution in [-0.2, 0) is 9.59 Å². The number of halogens is 1. The standard InChI is InChI=1S/C13H12FNO3/c14-10-4-1-3-9(7-10)11(16)8-15-12(17)5-2-6-13(15)18/h1,3-4,7H,2,5-6,8H2. The number of carbonyl (C=O) groups excluding carboxylic acids is 3. The fraction of sp³-hybridized carbons (Fsp3) is 0.308. The molecule has 0 unspecified atom stereocenters. The summed E-state index contributed by atoms with van der Waals surface area (Å²) in [5, 5.41) is 0. The molecule has 1 heterocycles. The van der Waals surface area contributed by atoms with Crippen LogP contribution in [0.3, 0.4) is 0 Å². The van der Waals surface area contributed by atoms with Crippen molar-refractivity contribution in [3.63, 3.8) is 0 Å². The summed E-state index contributed by atoms with van der Waals surface area (Å²) in [5.41, 5.74) is 0.168. The van der Waals surface area contributed by atoms with E-state index in [0.29, 0.717) is 6.42 Å². The summed E-state index contributed by atoms with van der Waals surface area (Å²) in [7, 11) is 0. The number of ketones is 1. The number of hydrogen-bond acceptors (Lipinski definition) is 3. The van der Waals surface area contributed by atoms with Crippen LogP contribution in [0.25, 0.3) is 0 Å². The highest BCUT2D eigenvalue weighted by Crippen LogP contribution is 2.13. The van der Waals surface area contributed by atoms with E-state index in [1.165, 1.54) is 18.2 Å². The third-order valence-corrected chi connectivity index (χ3v) is 2.83. The fourth-order valence-corrected chi connectivity index (χ4v) is 1.87. The summed E-state index contributed by atoms with van der Waals surface area (Å²) >= 11 is 0.